The molecule has 0 aromatic carbocycles. The summed E-state index contributed by atoms with van der Waals surface area (Å²) >= 11 is 1.45. The highest BCUT2D eigenvalue weighted by atomic mass is 32.1. The lowest BCUT2D eigenvalue weighted by Crippen LogP contribution is -2.23. The first-order valence-electron chi connectivity index (χ1n) is 6.81. The Morgan fingerprint density at radius 1 is 1.35 bits per heavy atom. The maximum absolute atomic E-state index is 11.9. The molecule has 0 spiro atoms. The van der Waals surface area contributed by atoms with Gasteiger partial charge in [-0.05, 0) is 35.2 Å². The molecule has 116 valence electrons. The Morgan fingerprint density at radius 3 is 2.78 bits per heavy atom. The van der Waals surface area contributed by atoms with E-state index >= 15 is 0 Å². The molecule has 2 aromatic heterocycles. The van der Waals surface area contributed by atoms with Gasteiger partial charge in [-0.2, -0.15) is 0 Å². The number of aliphatic imine (C=N–C) groups is 1. The van der Waals surface area contributed by atoms with Crippen LogP contribution in [0.3, 0.4) is 0 Å². The molecule has 0 aliphatic carbocycles. The summed E-state index contributed by atoms with van der Waals surface area (Å²) in [4.78, 5) is 33.8. The van der Waals surface area contributed by atoms with Gasteiger partial charge in [0, 0.05) is 20.2 Å². The number of amides is 1. The van der Waals surface area contributed by atoms with Gasteiger partial charge in [-0.3, -0.25) is 4.79 Å². The van der Waals surface area contributed by atoms with Gasteiger partial charge in [0.1, 0.15) is 5.82 Å². The van der Waals surface area contributed by atoms with Crippen LogP contribution in [0, 0.1) is 0 Å². The van der Waals surface area contributed by atoms with Crippen LogP contribution in [0.2, 0.25) is 0 Å². The second kappa shape index (κ2) is 6.13. The molecule has 6 nitrogen and oxygen atoms in total. The minimum atomic E-state index is -0.488. The number of rotatable bonds is 3. The average Bonchev–Trinajstić information content (AvgIpc) is 3.18. The van der Waals surface area contributed by atoms with Gasteiger partial charge in [-0.25, -0.2) is 14.8 Å². The predicted octanol–water partition coefficient (Wildman–Crippen LogP) is 2.47. The number of aromatic nitrogens is 1. The molecule has 2 aromatic rings. The largest absolute Gasteiger partial charge is 0.401 e. The van der Waals surface area contributed by atoms with Crippen LogP contribution in [-0.2, 0) is 14.3 Å². The molecule has 0 bridgehead atoms. The summed E-state index contributed by atoms with van der Waals surface area (Å²) < 4.78 is 5.16. The molecule has 0 N–H and O–H groups in total. The number of carbonyl (C=O) groups excluding carboxylic acids is 2. The molecule has 1 aliphatic heterocycles. The van der Waals surface area contributed by atoms with E-state index in [0.717, 1.165) is 4.88 Å². The number of anilines is 1. The molecular weight excluding hydrogens is 314 g/mol. The Bertz CT molecular complexity index is 808. The zero-order valence-electron chi connectivity index (χ0n) is 12.5. The van der Waals surface area contributed by atoms with E-state index in [1.165, 1.54) is 23.2 Å². The summed E-state index contributed by atoms with van der Waals surface area (Å²) in [5.41, 5.74) is 0.928. The van der Waals surface area contributed by atoms with Crippen molar-refractivity contribution in [3.05, 3.63) is 52.0 Å². The lowest BCUT2D eigenvalue weighted by atomic mass is 10.2. The summed E-state index contributed by atoms with van der Waals surface area (Å²) in [5, 5.41) is 1.89. The van der Waals surface area contributed by atoms with Gasteiger partial charge in [-0.1, -0.05) is 6.07 Å². The zero-order valence-corrected chi connectivity index (χ0v) is 13.3. The third-order valence-electron chi connectivity index (χ3n) is 3.24. The van der Waals surface area contributed by atoms with Crippen LogP contribution in [0.4, 0.5) is 5.82 Å². The second-order valence-electron chi connectivity index (χ2n) is 4.84. The third-order valence-corrected chi connectivity index (χ3v) is 4.10. The van der Waals surface area contributed by atoms with E-state index in [9.17, 15) is 9.59 Å². The van der Waals surface area contributed by atoms with Crippen LogP contribution < -0.4 is 4.90 Å². The Kier molecular flexibility index (Phi) is 4.03. The molecule has 0 saturated heterocycles. The predicted molar refractivity (Wildman–Crippen MR) is 88.2 cm³/mol. The van der Waals surface area contributed by atoms with Crippen LogP contribution in [0.1, 0.15) is 17.4 Å². The second-order valence-corrected chi connectivity index (χ2v) is 5.79. The fourth-order valence-corrected chi connectivity index (χ4v) is 2.56. The van der Waals surface area contributed by atoms with Crippen LogP contribution in [0.5, 0.6) is 0 Å². The fourth-order valence-electron chi connectivity index (χ4n) is 1.92. The van der Waals surface area contributed by atoms with E-state index in [2.05, 4.69) is 9.98 Å². The van der Waals surface area contributed by atoms with Gasteiger partial charge in [0.2, 0.25) is 11.8 Å². The third kappa shape index (κ3) is 3.19. The smallest absolute Gasteiger partial charge is 0.363 e. The van der Waals surface area contributed by atoms with Gasteiger partial charge >= 0.3 is 5.97 Å². The molecule has 0 radical (unpaired) electrons. The lowest BCUT2D eigenvalue weighted by molar-refractivity contribution is -0.129. The van der Waals surface area contributed by atoms with Crippen molar-refractivity contribution in [2.45, 2.75) is 6.92 Å². The van der Waals surface area contributed by atoms with Crippen LogP contribution in [0.15, 0.2) is 46.5 Å². The molecule has 3 rings (SSSR count). The van der Waals surface area contributed by atoms with E-state index in [4.69, 9.17) is 4.74 Å². The molecule has 23 heavy (non-hydrogen) atoms. The van der Waals surface area contributed by atoms with Gasteiger partial charge in [0.25, 0.3) is 0 Å². The van der Waals surface area contributed by atoms with Crippen molar-refractivity contribution < 1.29 is 14.3 Å². The first kappa shape index (κ1) is 15.1. The molecule has 0 atom stereocenters. The van der Waals surface area contributed by atoms with Gasteiger partial charge < -0.3 is 9.64 Å². The molecule has 3 heterocycles. The quantitative estimate of drug-likeness (QED) is 0.641. The van der Waals surface area contributed by atoms with E-state index in [-0.39, 0.29) is 11.6 Å². The zero-order chi connectivity index (χ0) is 16.4. The highest BCUT2D eigenvalue weighted by molar-refractivity contribution is 7.12. The summed E-state index contributed by atoms with van der Waals surface area (Å²) in [5.74, 6) is 0.264. The van der Waals surface area contributed by atoms with Crippen LogP contribution >= 0.6 is 11.3 Å². The maximum atomic E-state index is 11.9. The number of hydrogen-bond donors (Lipinski definition) is 0. The van der Waals surface area contributed by atoms with Crippen molar-refractivity contribution in [3.63, 3.8) is 0 Å². The molecule has 1 amide bonds. The van der Waals surface area contributed by atoms with E-state index in [1.807, 2.05) is 17.5 Å². The SMILES string of the molecule is CC(=O)N(C)c1ccc(/C=C2\N=C(c3cccs3)OC2=O)cn1. The summed E-state index contributed by atoms with van der Waals surface area (Å²) in [6, 6.07) is 7.18. The number of esters is 1. The normalized spacial score (nSPS) is 15.5. The highest BCUT2D eigenvalue weighted by Crippen LogP contribution is 2.21. The first-order chi connectivity index (χ1) is 11.0. The van der Waals surface area contributed by atoms with Crippen molar-refractivity contribution in [2.75, 3.05) is 11.9 Å². The first-order valence-corrected chi connectivity index (χ1v) is 7.69. The molecule has 1 aliphatic rings. The van der Waals surface area contributed by atoms with Crippen LogP contribution in [0.25, 0.3) is 6.08 Å². The number of thiophene rings is 1. The van der Waals surface area contributed by atoms with E-state index in [0.29, 0.717) is 17.3 Å². The Balaban J connectivity index is 1.84. The number of hydrogen-bond acceptors (Lipinski definition) is 6. The number of carbonyl (C=O) groups is 2. The van der Waals surface area contributed by atoms with Gasteiger partial charge in [-0.15, -0.1) is 11.3 Å². The monoisotopic (exact) mass is 327 g/mol. The van der Waals surface area contributed by atoms with E-state index < -0.39 is 5.97 Å². The van der Waals surface area contributed by atoms with Crippen molar-refractivity contribution in [3.8, 4) is 0 Å². The number of pyridine rings is 1. The van der Waals surface area contributed by atoms with E-state index in [1.54, 1.807) is 31.5 Å². The number of cyclic esters (lactones) is 1. The summed E-state index contributed by atoms with van der Waals surface area (Å²) in [6.07, 6.45) is 3.18. The van der Waals surface area contributed by atoms with Crippen molar-refractivity contribution in [1.82, 2.24) is 4.98 Å². The van der Waals surface area contributed by atoms with Crippen molar-refractivity contribution in [1.29, 1.82) is 0 Å². The Morgan fingerprint density at radius 2 is 2.17 bits per heavy atom. The van der Waals surface area contributed by atoms with Crippen molar-refractivity contribution >= 4 is 41.0 Å². The van der Waals surface area contributed by atoms with Crippen LogP contribution in [-0.4, -0.2) is 29.8 Å². The minimum absolute atomic E-state index is 0.104. The molecule has 0 unspecified atom stereocenters. The number of ether oxygens (including phenoxy) is 1. The van der Waals surface area contributed by atoms with Gasteiger partial charge in [0.05, 0.1) is 4.88 Å². The topological polar surface area (TPSA) is 71.9 Å². The average molecular weight is 327 g/mol. The fraction of sp³-hybridized carbons (Fsp3) is 0.125. The van der Waals surface area contributed by atoms with Gasteiger partial charge in [0.15, 0.2) is 5.70 Å². The molecular formula is C16H13N3O3S. The Hall–Kier alpha value is -2.80. The summed E-state index contributed by atoms with van der Waals surface area (Å²) in [6.45, 7) is 1.47. The number of nitrogens with zero attached hydrogens (tertiary/aromatic N) is 3. The highest BCUT2D eigenvalue weighted by Gasteiger charge is 2.24. The summed E-state index contributed by atoms with van der Waals surface area (Å²) in [7, 11) is 1.65. The minimum Gasteiger partial charge on any atom is -0.401 e. The molecule has 7 heteroatoms. The Labute approximate surface area is 136 Å². The standard InChI is InChI=1S/C16H13N3O3S/c1-10(20)19(2)14-6-5-11(9-17-14)8-12-16(21)22-15(18-12)13-4-3-7-23-13/h3-9H,1-2H3/b12-8-. The lowest BCUT2D eigenvalue weighted by Gasteiger charge is -2.13. The maximum Gasteiger partial charge on any atom is 0.363 e. The van der Waals surface area contributed by atoms with Crippen molar-refractivity contribution in [2.24, 2.45) is 4.99 Å². The molecule has 0 fully saturated rings. The molecule has 0 saturated carbocycles.